The van der Waals surface area contributed by atoms with Crippen LogP contribution in [-0.4, -0.2) is 35.2 Å². The first-order valence-electron chi connectivity index (χ1n) is 9.27. The standard InChI is InChI=1S/C21H23N3O4/c1-4-5-17(25)15-6-7-18-16(11-15)24(21(27)14(3)28-18)12-20(26)23-19-10-13(2)8-9-22-19/h6-11,14H,4-5,12H2,1-3H3,(H,22,23,26). The number of nitrogens with zero attached hydrogens (tertiary/aromatic N) is 2. The maximum atomic E-state index is 12.7. The lowest BCUT2D eigenvalue weighted by Gasteiger charge is -2.32. The molecular weight excluding hydrogens is 358 g/mol. The number of aryl methyl sites for hydroxylation is 1. The Morgan fingerprint density at radius 3 is 2.75 bits per heavy atom. The summed E-state index contributed by atoms with van der Waals surface area (Å²) in [5, 5.41) is 2.70. The maximum absolute atomic E-state index is 12.7. The van der Waals surface area contributed by atoms with Crippen molar-refractivity contribution in [2.75, 3.05) is 16.8 Å². The van der Waals surface area contributed by atoms with Crippen molar-refractivity contribution < 1.29 is 19.1 Å². The molecular formula is C21H23N3O4. The number of anilines is 2. The number of ketones is 1. The smallest absolute Gasteiger partial charge is 0.268 e. The molecule has 0 fully saturated rings. The van der Waals surface area contributed by atoms with Gasteiger partial charge in [0.25, 0.3) is 5.91 Å². The molecule has 7 heteroatoms. The number of hydrogen-bond acceptors (Lipinski definition) is 5. The van der Waals surface area contributed by atoms with Crippen LogP contribution in [0.15, 0.2) is 36.5 Å². The minimum atomic E-state index is -0.713. The van der Waals surface area contributed by atoms with Crippen molar-refractivity contribution in [1.29, 1.82) is 0 Å². The largest absolute Gasteiger partial charge is 0.479 e. The second-order valence-corrected chi connectivity index (χ2v) is 6.81. The molecule has 28 heavy (non-hydrogen) atoms. The zero-order valence-corrected chi connectivity index (χ0v) is 16.2. The topological polar surface area (TPSA) is 88.6 Å². The first kappa shape index (κ1) is 19.5. The molecule has 2 aromatic rings. The van der Waals surface area contributed by atoms with Gasteiger partial charge in [-0.2, -0.15) is 0 Å². The van der Waals surface area contributed by atoms with E-state index in [0.717, 1.165) is 12.0 Å². The summed E-state index contributed by atoms with van der Waals surface area (Å²) in [5.41, 5.74) is 1.89. The lowest BCUT2D eigenvalue weighted by molar-refractivity contribution is -0.127. The van der Waals surface area contributed by atoms with Crippen LogP contribution in [0.25, 0.3) is 0 Å². The van der Waals surface area contributed by atoms with Gasteiger partial charge in [0.1, 0.15) is 18.1 Å². The van der Waals surface area contributed by atoms with Crippen LogP contribution in [0.1, 0.15) is 42.6 Å². The monoisotopic (exact) mass is 381 g/mol. The maximum Gasteiger partial charge on any atom is 0.268 e. The fourth-order valence-corrected chi connectivity index (χ4v) is 3.05. The summed E-state index contributed by atoms with van der Waals surface area (Å²) in [6.45, 7) is 5.27. The van der Waals surface area contributed by atoms with Gasteiger partial charge < -0.3 is 10.1 Å². The van der Waals surface area contributed by atoms with E-state index in [0.29, 0.717) is 29.2 Å². The number of aromatic nitrogens is 1. The Labute approximate surface area is 163 Å². The molecule has 1 atom stereocenters. The zero-order valence-electron chi connectivity index (χ0n) is 16.2. The summed E-state index contributed by atoms with van der Waals surface area (Å²) in [4.78, 5) is 42.9. The van der Waals surface area contributed by atoms with Gasteiger partial charge in [-0.3, -0.25) is 19.3 Å². The summed E-state index contributed by atoms with van der Waals surface area (Å²) >= 11 is 0. The van der Waals surface area contributed by atoms with Gasteiger partial charge in [0, 0.05) is 18.2 Å². The minimum Gasteiger partial charge on any atom is -0.479 e. The number of fused-ring (bicyclic) bond motifs is 1. The summed E-state index contributed by atoms with van der Waals surface area (Å²) in [7, 11) is 0. The van der Waals surface area contributed by atoms with Gasteiger partial charge in [-0.25, -0.2) is 4.98 Å². The van der Waals surface area contributed by atoms with Crippen molar-refractivity contribution in [1.82, 2.24) is 4.98 Å². The number of hydrogen-bond donors (Lipinski definition) is 1. The van der Waals surface area contributed by atoms with Crippen molar-refractivity contribution in [3.63, 3.8) is 0 Å². The van der Waals surface area contributed by atoms with E-state index in [1.54, 1.807) is 37.4 Å². The highest BCUT2D eigenvalue weighted by Gasteiger charge is 2.33. The number of amides is 2. The Kier molecular flexibility index (Phi) is 5.73. The molecule has 1 unspecified atom stereocenters. The number of rotatable bonds is 6. The zero-order chi connectivity index (χ0) is 20.3. The Hall–Kier alpha value is -3.22. The van der Waals surface area contributed by atoms with Gasteiger partial charge in [-0.05, 0) is 56.2 Å². The molecule has 7 nitrogen and oxygen atoms in total. The van der Waals surface area contributed by atoms with Crippen molar-refractivity contribution >= 4 is 29.1 Å². The van der Waals surface area contributed by atoms with Crippen molar-refractivity contribution in [2.24, 2.45) is 0 Å². The summed E-state index contributed by atoms with van der Waals surface area (Å²) in [5.74, 6) is 0.175. The number of ether oxygens (including phenoxy) is 1. The number of pyridine rings is 1. The Balaban J connectivity index is 1.85. The molecule has 1 aliphatic rings. The minimum absolute atomic E-state index is 0.00951. The average Bonchev–Trinajstić information content (AvgIpc) is 2.65. The van der Waals surface area contributed by atoms with Crippen LogP contribution < -0.4 is 15.0 Å². The molecule has 1 N–H and O–H groups in total. The fourth-order valence-electron chi connectivity index (χ4n) is 3.05. The van der Waals surface area contributed by atoms with Crippen molar-refractivity contribution in [2.45, 2.75) is 39.7 Å². The van der Waals surface area contributed by atoms with E-state index >= 15 is 0 Å². The van der Waals surface area contributed by atoms with E-state index in [2.05, 4.69) is 10.3 Å². The van der Waals surface area contributed by atoms with E-state index in [-0.39, 0.29) is 24.1 Å². The van der Waals surface area contributed by atoms with E-state index < -0.39 is 6.10 Å². The molecule has 0 spiro atoms. The van der Waals surface area contributed by atoms with Crippen LogP contribution in [0, 0.1) is 6.92 Å². The highest BCUT2D eigenvalue weighted by atomic mass is 16.5. The first-order valence-corrected chi connectivity index (χ1v) is 9.27. The third kappa shape index (κ3) is 4.19. The van der Waals surface area contributed by atoms with Crippen molar-refractivity contribution in [3.8, 4) is 5.75 Å². The van der Waals surface area contributed by atoms with Gasteiger partial charge in [0.2, 0.25) is 5.91 Å². The molecule has 1 aromatic heterocycles. The average molecular weight is 381 g/mol. The Morgan fingerprint density at radius 1 is 1.25 bits per heavy atom. The molecule has 0 aliphatic carbocycles. The van der Waals surface area contributed by atoms with Crippen LogP contribution in [0.2, 0.25) is 0 Å². The molecule has 2 amide bonds. The molecule has 0 bridgehead atoms. The quantitative estimate of drug-likeness (QED) is 0.777. The van der Waals surface area contributed by atoms with E-state index in [4.69, 9.17) is 4.74 Å². The SMILES string of the molecule is CCCC(=O)c1ccc2c(c1)N(CC(=O)Nc1cc(C)ccn1)C(=O)C(C)O2. The lowest BCUT2D eigenvalue weighted by Crippen LogP contribution is -2.47. The lowest BCUT2D eigenvalue weighted by atomic mass is 10.0. The molecule has 3 rings (SSSR count). The van der Waals surface area contributed by atoms with Crippen LogP contribution in [0.5, 0.6) is 5.75 Å². The number of nitrogens with one attached hydrogen (secondary N) is 1. The summed E-state index contributed by atoms with van der Waals surface area (Å²) < 4.78 is 5.64. The number of benzene rings is 1. The van der Waals surface area contributed by atoms with Gasteiger partial charge in [0.05, 0.1) is 5.69 Å². The second-order valence-electron chi connectivity index (χ2n) is 6.81. The summed E-state index contributed by atoms with van der Waals surface area (Å²) in [6.07, 6.45) is 2.05. The van der Waals surface area contributed by atoms with Crippen LogP contribution in [0.3, 0.4) is 0 Å². The van der Waals surface area contributed by atoms with E-state index in [1.165, 1.54) is 4.90 Å². The normalized spacial score (nSPS) is 15.6. The van der Waals surface area contributed by atoms with Crippen LogP contribution in [-0.2, 0) is 9.59 Å². The molecule has 0 saturated carbocycles. The van der Waals surface area contributed by atoms with Gasteiger partial charge in [0.15, 0.2) is 11.9 Å². The highest BCUT2D eigenvalue weighted by molar-refractivity contribution is 6.07. The number of Topliss-reactive ketones (excluding diaryl/α,β-unsaturated/α-hetero) is 1. The Bertz CT molecular complexity index is 926. The predicted molar refractivity (Wildman–Crippen MR) is 106 cm³/mol. The van der Waals surface area contributed by atoms with Crippen LogP contribution >= 0.6 is 0 Å². The van der Waals surface area contributed by atoms with Crippen LogP contribution in [0.4, 0.5) is 11.5 Å². The highest BCUT2D eigenvalue weighted by Crippen LogP contribution is 2.35. The molecule has 146 valence electrons. The Morgan fingerprint density at radius 2 is 2.04 bits per heavy atom. The number of carbonyl (C=O) groups is 3. The van der Waals surface area contributed by atoms with Gasteiger partial charge in [-0.1, -0.05) is 6.92 Å². The molecule has 0 radical (unpaired) electrons. The molecule has 0 saturated heterocycles. The number of carbonyl (C=O) groups excluding carboxylic acids is 3. The second kappa shape index (κ2) is 8.21. The van der Waals surface area contributed by atoms with Gasteiger partial charge >= 0.3 is 0 Å². The third-order valence-electron chi connectivity index (χ3n) is 4.45. The van der Waals surface area contributed by atoms with Crippen molar-refractivity contribution in [3.05, 3.63) is 47.7 Å². The fraction of sp³-hybridized carbons (Fsp3) is 0.333. The first-order chi connectivity index (χ1) is 13.4. The van der Waals surface area contributed by atoms with Gasteiger partial charge in [-0.15, -0.1) is 0 Å². The third-order valence-corrected chi connectivity index (χ3v) is 4.45. The molecule has 1 aromatic carbocycles. The molecule has 1 aliphatic heterocycles. The molecule has 2 heterocycles. The predicted octanol–water partition coefficient (Wildman–Crippen LogP) is 3.13. The summed E-state index contributed by atoms with van der Waals surface area (Å²) in [6, 6.07) is 8.56. The van der Waals surface area contributed by atoms with E-state index in [1.807, 2.05) is 19.9 Å². The van der Waals surface area contributed by atoms with E-state index in [9.17, 15) is 14.4 Å².